The average Bonchev–Trinajstić information content (AvgIpc) is 2.94. The predicted molar refractivity (Wildman–Crippen MR) is 97.5 cm³/mol. The van der Waals surface area contributed by atoms with E-state index < -0.39 is 15.8 Å². The summed E-state index contributed by atoms with van der Waals surface area (Å²) in [4.78, 5) is 2.42. The van der Waals surface area contributed by atoms with Crippen molar-refractivity contribution in [3.63, 3.8) is 0 Å². The van der Waals surface area contributed by atoms with E-state index in [0.717, 1.165) is 25.9 Å². The molecule has 2 heterocycles. The van der Waals surface area contributed by atoms with Gasteiger partial charge in [-0.3, -0.25) is 4.90 Å². The Labute approximate surface area is 157 Å². The maximum Gasteiger partial charge on any atom is 0.244 e. The van der Waals surface area contributed by atoms with Gasteiger partial charge in [0.2, 0.25) is 10.0 Å². The second-order valence-electron chi connectivity index (χ2n) is 6.96. The zero-order valence-electron chi connectivity index (χ0n) is 14.5. The molecule has 1 aromatic rings. The van der Waals surface area contributed by atoms with Gasteiger partial charge in [0.1, 0.15) is 5.82 Å². The van der Waals surface area contributed by atoms with Gasteiger partial charge in [-0.1, -0.05) is 0 Å². The Bertz CT molecular complexity index is 721. The molecule has 0 saturated carbocycles. The zero-order chi connectivity index (χ0) is 18.2. The van der Waals surface area contributed by atoms with Crippen molar-refractivity contribution >= 4 is 26.0 Å². The molecule has 1 aromatic carbocycles. The Balaban J connectivity index is 1.78. The third kappa shape index (κ3) is 4.24. The minimum Gasteiger partial charge on any atom is -0.373 e. The van der Waals surface area contributed by atoms with Gasteiger partial charge in [0.25, 0.3) is 0 Å². The van der Waals surface area contributed by atoms with Crippen LogP contribution in [0.2, 0.25) is 0 Å². The Morgan fingerprint density at radius 3 is 2.60 bits per heavy atom. The number of ether oxygens (including phenoxy) is 1. The molecule has 0 bridgehead atoms. The predicted octanol–water partition coefficient (Wildman–Crippen LogP) is 2.85. The van der Waals surface area contributed by atoms with Crippen LogP contribution in [0.1, 0.15) is 26.7 Å². The standard InChI is InChI=1S/C17H24BrFN2O3S/c1-12-9-20(10-13(2)24-12)11-15-4-3-7-21(15)25(22,23)17-6-5-14(19)8-16(17)18/h5-6,8,12-13,15H,3-4,7,9-11H2,1-2H3/t12-,13+,15-/m1/s1. The van der Waals surface area contributed by atoms with Gasteiger partial charge in [0, 0.05) is 36.7 Å². The molecule has 3 atom stereocenters. The molecule has 0 unspecified atom stereocenters. The van der Waals surface area contributed by atoms with Crippen LogP contribution in [-0.2, 0) is 14.8 Å². The van der Waals surface area contributed by atoms with E-state index in [-0.39, 0.29) is 27.6 Å². The van der Waals surface area contributed by atoms with Gasteiger partial charge in [-0.15, -0.1) is 0 Å². The fourth-order valence-corrected chi connectivity index (χ4v) is 6.55. The van der Waals surface area contributed by atoms with Gasteiger partial charge in [-0.25, -0.2) is 12.8 Å². The van der Waals surface area contributed by atoms with E-state index in [4.69, 9.17) is 4.74 Å². The first-order valence-corrected chi connectivity index (χ1v) is 10.9. The van der Waals surface area contributed by atoms with E-state index in [1.165, 1.54) is 18.2 Å². The quantitative estimate of drug-likeness (QED) is 0.730. The van der Waals surface area contributed by atoms with Crippen LogP contribution in [0.3, 0.4) is 0 Å². The minimum atomic E-state index is -3.65. The van der Waals surface area contributed by atoms with Crippen molar-refractivity contribution in [1.82, 2.24) is 9.21 Å². The van der Waals surface area contributed by atoms with Gasteiger partial charge in [0.05, 0.1) is 17.1 Å². The van der Waals surface area contributed by atoms with Crippen LogP contribution in [0.5, 0.6) is 0 Å². The van der Waals surface area contributed by atoms with Crippen LogP contribution >= 0.6 is 15.9 Å². The Hall–Kier alpha value is -0.540. The van der Waals surface area contributed by atoms with Gasteiger partial charge >= 0.3 is 0 Å². The van der Waals surface area contributed by atoms with Crippen LogP contribution in [0.25, 0.3) is 0 Å². The molecular formula is C17H24BrFN2O3S. The molecule has 0 aliphatic carbocycles. The molecule has 8 heteroatoms. The molecule has 0 aromatic heterocycles. The first kappa shape index (κ1) is 19.2. The second-order valence-corrected chi connectivity index (χ2v) is 9.68. The monoisotopic (exact) mass is 434 g/mol. The summed E-state index contributed by atoms with van der Waals surface area (Å²) in [5.41, 5.74) is 0. The fraction of sp³-hybridized carbons (Fsp3) is 0.647. The number of sulfonamides is 1. The summed E-state index contributed by atoms with van der Waals surface area (Å²) in [5.74, 6) is -0.458. The van der Waals surface area contributed by atoms with Crippen LogP contribution in [0, 0.1) is 5.82 Å². The normalized spacial score (nSPS) is 29.2. The SMILES string of the molecule is C[C@@H]1CN(C[C@H]2CCCN2S(=O)(=O)c2ccc(F)cc2Br)C[C@H](C)O1. The number of hydrogen-bond donors (Lipinski definition) is 0. The molecule has 0 spiro atoms. The van der Waals surface area contributed by atoms with Crippen LogP contribution in [-0.4, -0.2) is 62.1 Å². The van der Waals surface area contributed by atoms with Crippen molar-refractivity contribution in [3.05, 3.63) is 28.5 Å². The highest BCUT2D eigenvalue weighted by Crippen LogP contribution is 2.31. The molecule has 140 valence electrons. The Kier molecular flexibility index (Phi) is 5.85. The number of rotatable bonds is 4. The minimum absolute atomic E-state index is 0.0561. The van der Waals surface area contributed by atoms with Gasteiger partial charge < -0.3 is 4.74 Å². The highest BCUT2D eigenvalue weighted by molar-refractivity contribution is 9.10. The summed E-state index contributed by atoms with van der Waals surface area (Å²) in [5, 5.41) is 0. The lowest BCUT2D eigenvalue weighted by molar-refractivity contribution is -0.0707. The zero-order valence-corrected chi connectivity index (χ0v) is 16.9. The lowest BCUT2D eigenvalue weighted by atomic mass is 10.1. The summed E-state index contributed by atoms with van der Waals surface area (Å²) in [7, 11) is -3.65. The smallest absolute Gasteiger partial charge is 0.244 e. The number of hydrogen-bond acceptors (Lipinski definition) is 4. The average molecular weight is 435 g/mol. The summed E-state index contributed by atoms with van der Waals surface area (Å²) in [6.07, 6.45) is 2.00. The van der Waals surface area contributed by atoms with Crippen LogP contribution in [0.15, 0.2) is 27.6 Å². The fourth-order valence-electron chi connectivity index (χ4n) is 3.85. The van der Waals surface area contributed by atoms with Gasteiger partial charge in [-0.05, 0) is 60.8 Å². The topological polar surface area (TPSA) is 49.9 Å². The summed E-state index contributed by atoms with van der Waals surface area (Å²) >= 11 is 3.19. The van der Waals surface area contributed by atoms with Crippen molar-refractivity contribution in [2.24, 2.45) is 0 Å². The number of benzene rings is 1. The van der Waals surface area contributed by atoms with E-state index in [0.29, 0.717) is 13.1 Å². The van der Waals surface area contributed by atoms with Crippen molar-refractivity contribution in [2.45, 2.75) is 49.8 Å². The molecule has 3 rings (SSSR count). The molecular weight excluding hydrogens is 411 g/mol. The van der Waals surface area contributed by atoms with E-state index in [1.54, 1.807) is 4.31 Å². The molecule has 0 N–H and O–H groups in total. The number of nitrogens with zero attached hydrogens (tertiary/aromatic N) is 2. The molecule has 25 heavy (non-hydrogen) atoms. The van der Waals surface area contributed by atoms with E-state index in [2.05, 4.69) is 20.8 Å². The van der Waals surface area contributed by atoms with Crippen molar-refractivity contribution in [2.75, 3.05) is 26.2 Å². The molecule has 0 amide bonds. The third-order valence-corrected chi connectivity index (χ3v) is 7.70. The first-order valence-electron chi connectivity index (χ1n) is 8.62. The Morgan fingerprint density at radius 2 is 1.96 bits per heavy atom. The van der Waals surface area contributed by atoms with Gasteiger partial charge in [-0.2, -0.15) is 4.31 Å². The first-order chi connectivity index (χ1) is 11.8. The summed E-state index contributed by atoms with van der Waals surface area (Å²) in [6, 6.07) is 3.67. The molecule has 2 aliphatic heterocycles. The number of halogens is 2. The maximum atomic E-state index is 13.3. The lowest BCUT2D eigenvalue weighted by Crippen LogP contribution is -2.50. The molecule has 0 radical (unpaired) electrons. The lowest BCUT2D eigenvalue weighted by Gasteiger charge is -2.38. The van der Waals surface area contributed by atoms with Crippen LogP contribution < -0.4 is 0 Å². The van der Waals surface area contributed by atoms with E-state index in [1.807, 2.05) is 13.8 Å². The summed E-state index contributed by atoms with van der Waals surface area (Å²) < 4.78 is 47.1. The van der Waals surface area contributed by atoms with E-state index >= 15 is 0 Å². The molecule has 2 saturated heterocycles. The molecule has 2 aliphatic rings. The largest absolute Gasteiger partial charge is 0.373 e. The van der Waals surface area contributed by atoms with Gasteiger partial charge in [0.15, 0.2) is 0 Å². The highest BCUT2D eigenvalue weighted by atomic mass is 79.9. The Morgan fingerprint density at radius 1 is 1.28 bits per heavy atom. The van der Waals surface area contributed by atoms with E-state index in [9.17, 15) is 12.8 Å². The number of morpholine rings is 1. The second kappa shape index (κ2) is 7.60. The maximum absolute atomic E-state index is 13.3. The third-order valence-electron chi connectivity index (χ3n) is 4.77. The van der Waals surface area contributed by atoms with Crippen molar-refractivity contribution in [1.29, 1.82) is 0 Å². The highest BCUT2D eigenvalue weighted by Gasteiger charge is 2.38. The van der Waals surface area contributed by atoms with Crippen molar-refractivity contribution in [3.8, 4) is 0 Å². The van der Waals surface area contributed by atoms with Crippen LogP contribution in [0.4, 0.5) is 4.39 Å². The summed E-state index contributed by atoms with van der Waals surface area (Å²) in [6.45, 7) is 6.93. The van der Waals surface area contributed by atoms with Crippen molar-refractivity contribution < 1.29 is 17.5 Å². The molecule has 2 fully saturated rings. The molecule has 5 nitrogen and oxygen atoms in total.